The van der Waals surface area contributed by atoms with Crippen LogP contribution in [0.1, 0.15) is 35.3 Å². The lowest BCUT2D eigenvalue weighted by Crippen LogP contribution is -2.36. The maximum absolute atomic E-state index is 10.5. The van der Waals surface area contributed by atoms with Gasteiger partial charge in [0.1, 0.15) is 15.4 Å². The van der Waals surface area contributed by atoms with Gasteiger partial charge in [-0.2, -0.15) is 0 Å². The van der Waals surface area contributed by atoms with Crippen LogP contribution in [0.4, 0.5) is 0 Å². The third kappa shape index (κ3) is 3.18. The Morgan fingerprint density at radius 2 is 2.20 bits per heavy atom. The fourth-order valence-electron chi connectivity index (χ4n) is 3.49. The van der Waals surface area contributed by atoms with Gasteiger partial charge in [-0.3, -0.25) is 4.90 Å². The zero-order valence-electron chi connectivity index (χ0n) is 13.4. The lowest BCUT2D eigenvalue weighted by Gasteiger charge is -2.34. The van der Waals surface area contributed by atoms with Gasteiger partial charge in [0.25, 0.3) is 0 Å². The van der Waals surface area contributed by atoms with Crippen molar-refractivity contribution in [3.8, 4) is 0 Å². The fourth-order valence-corrected chi connectivity index (χ4v) is 4.86. The van der Waals surface area contributed by atoms with Crippen LogP contribution in [0.5, 0.6) is 0 Å². The Hall–Kier alpha value is -0.820. The number of aliphatic hydroxyl groups excluding tert-OH is 1. The number of rotatable bonds is 3. The number of nitrogens with one attached hydrogen (secondary N) is 1. The smallest absolute Gasteiger partial charge is 0.159 e. The van der Waals surface area contributed by atoms with Crippen LogP contribution in [-0.2, 0) is 6.42 Å². The van der Waals surface area contributed by atoms with Crippen LogP contribution in [0.15, 0.2) is 18.2 Å². The van der Waals surface area contributed by atoms with E-state index < -0.39 is 6.10 Å². The Kier molecular flexibility index (Phi) is 4.73. The number of aliphatic hydroxyl groups is 1. The van der Waals surface area contributed by atoms with Gasteiger partial charge in [-0.15, -0.1) is 11.3 Å². The zero-order chi connectivity index (χ0) is 17.7. The molecule has 1 aromatic carbocycles. The van der Waals surface area contributed by atoms with E-state index in [1.54, 1.807) is 0 Å². The Labute approximate surface area is 164 Å². The Morgan fingerprint density at radius 3 is 2.92 bits per heavy atom. The van der Waals surface area contributed by atoms with E-state index in [2.05, 4.69) is 21.8 Å². The highest BCUT2D eigenvalue weighted by Crippen LogP contribution is 2.37. The number of nitrogens with zero attached hydrogens (tertiary/aromatic N) is 2. The van der Waals surface area contributed by atoms with E-state index in [1.807, 2.05) is 18.2 Å². The van der Waals surface area contributed by atoms with Crippen LogP contribution < -0.4 is 0 Å². The molecule has 0 saturated heterocycles. The molecule has 0 spiro atoms. The van der Waals surface area contributed by atoms with E-state index in [4.69, 9.17) is 34.8 Å². The molecule has 4 nitrogen and oxygen atoms in total. The van der Waals surface area contributed by atoms with Gasteiger partial charge < -0.3 is 10.1 Å². The lowest BCUT2D eigenvalue weighted by atomic mass is 9.98. The summed E-state index contributed by atoms with van der Waals surface area (Å²) in [4.78, 5) is 9.90. The number of H-pyrrole nitrogens is 1. The maximum Gasteiger partial charge on any atom is 0.159 e. The van der Waals surface area contributed by atoms with Crippen molar-refractivity contribution in [2.75, 3.05) is 13.1 Å². The van der Waals surface area contributed by atoms with E-state index in [-0.39, 0.29) is 11.2 Å². The number of thiazole rings is 1. The first-order valence-electron chi connectivity index (χ1n) is 7.98. The van der Waals surface area contributed by atoms with Crippen LogP contribution in [0.2, 0.25) is 14.5 Å². The summed E-state index contributed by atoms with van der Waals surface area (Å²) >= 11 is 19.2. The van der Waals surface area contributed by atoms with Gasteiger partial charge in [0.15, 0.2) is 5.15 Å². The molecule has 2 atom stereocenters. The predicted molar refractivity (Wildman–Crippen MR) is 104 cm³/mol. The summed E-state index contributed by atoms with van der Waals surface area (Å²) in [6, 6.07) is 6.09. The Balaban J connectivity index is 1.59. The van der Waals surface area contributed by atoms with Crippen molar-refractivity contribution in [3.63, 3.8) is 0 Å². The number of aromatic amines is 1. The van der Waals surface area contributed by atoms with Crippen LogP contribution in [0.25, 0.3) is 10.9 Å². The van der Waals surface area contributed by atoms with Crippen molar-refractivity contribution in [2.24, 2.45) is 0 Å². The minimum atomic E-state index is -0.710. The highest BCUT2D eigenvalue weighted by atomic mass is 35.5. The number of halogens is 3. The summed E-state index contributed by atoms with van der Waals surface area (Å²) in [5, 5.41) is 13.3. The first kappa shape index (κ1) is 17.6. The van der Waals surface area contributed by atoms with Gasteiger partial charge in [-0.1, -0.05) is 34.8 Å². The van der Waals surface area contributed by atoms with Crippen LogP contribution in [-0.4, -0.2) is 33.1 Å². The van der Waals surface area contributed by atoms with Crippen molar-refractivity contribution in [3.05, 3.63) is 49.0 Å². The second kappa shape index (κ2) is 6.72. The summed E-state index contributed by atoms with van der Waals surface area (Å²) in [7, 11) is 0. The van der Waals surface area contributed by atoms with Crippen LogP contribution >= 0.6 is 46.1 Å². The minimum Gasteiger partial charge on any atom is -0.385 e. The number of aromatic nitrogens is 2. The standard InChI is InChI=1S/C17H16Cl3N3OS/c1-8-14-10(11-6-9(18)2-3-12(11)21-14)4-5-23(8)7-13(24)17-22-15(19)16(20)25-17/h2-3,6,8,13,21,24H,4-5,7H2,1H3. The van der Waals surface area contributed by atoms with Crippen molar-refractivity contribution in [1.29, 1.82) is 0 Å². The molecule has 2 N–H and O–H groups in total. The maximum atomic E-state index is 10.5. The molecular weight excluding hydrogens is 401 g/mol. The molecule has 1 aliphatic heterocycles. The average Bonchev–Trinajstić information content (AvgIpc) is 3.11. The van der Waals surface area contributed by atoms with E-state index in [9.17, 15) is 5.11 Å². The van der Waals surface area contributed by atoms with E-state index >= 15 is 0 Å². The molecule has 25 heavy (non-hydrogen) atoms. The minimum absolute atomic E-state index is 0.162. The molecule has 4 rings (SSSR count). The highest BCUT2D eigenvalue weighted by molar-refractivity contribution is 7.16. The second-order valence-corrected chi connectivity index (χ2v) is 8.69. The number of hydrogen-bond acceptors (Lipinski definition) is 4. The average molecular weight is 417 g/mol. The monoisotopic (exact) mass is 415 g/mol. The largest absolute Gasteiger partial charge is 0.385 e. The zero-order valence-corrected chi connectivity index (χ0v) is 16.5. The quantitative estimate of drug-likeness (QED) is 0.614. The molecule has 2 aromatic heterocycles. The molecule has 0 fully saturated rings. The molecule has 132 valence electrons. The Bertz CT molecular complexity index is 919. The third-order valence-corrected chi connectivity index (χ3v) is 6.85. The van der Waals surface area contributed by atoms with Gasteiger partial charge in [-0.25, -0.2) is 4.98 Å². The predicted octanol–water partition coefficient (Wildman–Crippen LogP) is 5.24. The number of benzene rings is 1. The summed E-state index contributed by atoms with van der Waals surface area (Å²) in [5.41, 5.74) is 3.60. The van der Waals surface area contributed by atoms with Crippen molar-refractivity contribution >= 4 is 57.0 Å². The van der Waals surface area contributed by atoms with Crippen LogP contribution in [0.3, 0.4) is 0 Å². The van der Waals surface area contributed by atoms with E-state index in [0.717, 1.165) is 23.5 Å². The van der Waals surface area contributed by atoms with Gasteiger partial charge >= 0.3 is 0 Å². The van der Waals surface area contributed by atoms with E-state index in [0.29, 0.717) is 15.9 Å². The molecule has 0 aliphatic carbocycles. The molecule has 3 heterocycles. The van der Waals surface area contributed by atoms with Gasteiger partial charge in [0.2, 0.25) is 0 Å². The molecule has 1 aliphatic rings. The topological polar surface area (TPSA) is 52.2 Å². The number of fused-ring (bicyclic) bond motifs is 3. The number of β-amino-alcohol motifs (C(OH)–C–C–N with tert-alkyl or cyclic N) is 1. The molecule has 8 heteroatoms. The molecule has 0 amide bonds. The third-order valence-electron chi connectivity index (χ3n) is 4.77. The second-order valence-electron chi connectivity index (χ2n) is 6.26. The molecule has 0 bridgehead atoms. The first-order valence-corrected chi connectivity index (χ1v) is 9.93. The van der Waals surface area contributed by atoms with Gasteiger partial charge in [0, 0.05) is 40.8 Å². The summed E-state index contributed by atoms with van der Waals surface area (Å²) in [6.07, 6.45) is 0.198. The van der Waals surface area contributed by atoms with Crippen molar-refractivity contribution in [2.45, 2.75) is 25.5 Å². The van der Waals surface area contributed by atoms with Crippen molar-refractivity contribution < 1.29 is 5.11 Å². The van der Waals surface area contributed by atoms with Gasteiger partial charge in [-0.05, 0) is 37.1 Å². The summed E-state index contributed by atoms with van der Waals surface area (Å²) < 4.78 is 0.414. The SMILES string of the molecule is CC1c2[nH]c3ccc(Cl)cc3c2CCN1CC(O)c1nc(Cl)c(Cl)s1. The molecular formula is C17H16Cl3N3OS. The van der Waals surface area contributed by atoms with Crippen LogP contribution in [0, 0.1) is 0 Å². The fraction of sp³-hybridized carbons (Fsp3) is 0.353. The highest BCUT2D eigenvalue weighted by Gasteiger charge is 2.29. The normalized spacial score (nSPS) is 19.3. The first-order chi connectivity index (χ1) is 11.9. The Morgan fingerprint density at radius 1 is 1.40 bits per heavy atom. The summed E-state index contributed by atoms with van der Waals surface area (Å²) in [5.74, 6) is 0. The summed E-state index contributed by atoms with van der Waals surface area (Å²) in [6.45, 7) is 3.48. The molecule has 3 aromatic rings. The van der Waals surface area contributed by atoms with Gasteiger partial charge in [0.05, 0.1) is 0 Å². The molecule has 0 radical (unpaired) electrons. The number of hydrogen-bond donors (Lipinski definition) is 2. The molecule has 0 saturated carbocycles. The molecule has 2 unspecified atom stereocenters. The van der Waals surface area contributed by atoms with E-state index in [1.165, 1.54) is 28.0 Å². The van der Waals surface area contributed by atoms with Crippen molar-refractivity contribution in [1.82, 2.24) is 14.9 Å². The lowest BCUT2D eigenvalue weighted by molar-refractivity contribution is 0.0854.